The van der Waals surface area contributed by atoms with E-state index in [2.05, 4.69) is 5.32 Å². The van der Waals surface area contributed by atoms with E-state index in [4.69, 9.17) is 14.9 Å². The van der Waals surface area contributed by atoms with E-state index in [1.54, 1.807) is 0 Å². The molecule has 3 N–H and O–H groups in total. The van der Waals surface area contributed by atoms with Gasteiger partial charge in [0, 0.05) is 12.0 Å². The van der Waals surface area contributed by atoms with E-state index in [1.165, 1.54) is 0 Å². The smallest absolute Gasteiger partial charge is 0.407 e. The Kier molecular flexibility index (Phi) is 5.49. The zero-order valence-corrected chi connectivity index (χ0v) is 8.91. The Hall–Kier alpha value is -0.810. The summed E-state index contributed by atoms with van der Waals surface area (Å²) in [5, 5.41) is 19.6. The maximum Gasteiger partial charge on any atom is 0.407 e. The largest absolute Gasteiger partial charge is 0.450 e. The summed E-state index contributed by atoms with van der Waals surface area (Å²) in [6.07, 6.45) is -1.16. The minimum atomic E-state index is -1.33. The van der Waals surface area contributed by atoms with E-state index in [1.807, 2.05) is 20.8 Å². The Morgan fingerprint density at radius 2 is 2.00 bits per heavy atom. The standard InChI is InChI=1S/C9H19NO4/c1-9(2,3)10-8(13)14-6-4-5-7(11)12/h7,11-12H,4-6H2,1-3H3,(H,10,13). The summed E-state index contributed by atoms with van der Waals surface area (Å²) in [6.45, 7) is 5.75. The molecule has 0 saturated carbocycles. The second-order valence-corrected chi connectivity index (χ2v) is 4.13. The van der Waals surface area contributed by atoms with Crippen LogP contribution in [0.2, 0.25) is 0 Å². The molecule has 14 heavy (non-hydrogen) atoms. The van der Waals surface area contributed by atoms with Gasteiger partial charge < -0.3 is 20.3 Å². The van der Waals surface area contributed by atoms with Crippen LogP contribution in [0.15, 0.2) is 0 Å². The number of hydrogen-bond acceptors (Lipinski definition) is 4. The van der Waals surface area contributed by atoms with Crippen LogP contribution in [0.4, 0.5) is 4.79 Å². The van der Waals surface area contributed by atoms with E-state index in [9.17, 15) is 4.79 Å². The predicted molar refractivity (Wildman–Crippen MR) is 51.7 cm³/mol. The molecule has 5 heteroatoms. The number of hydrogen-bond donors (Lipinski definition) is 3. The van der Waals surface area contributed by atoms with Gasteiger partial charge in [0.25, 0.3) is 0 Å². The summed E-state index contributed by atoms with van der Waals surface area (Å²) in [7, 11) is 0. The second-order valence-electron chi connectivity index (χ2n) is 4.13. The van der Waals surface area contributed by atoms with Gasteiger partial charge in [0.2, 0.25) is 0 Å². The van der Waals surface area contributed by atoms with Crippen molar-refractivity contribution in [1.82, 2.24) is 5.32 Å². The number of carbonyl (C=O) groups is 1. The molecule has 0 spiro atoms. The molecule has 84 valence electrons. The van der Waals surface area contributed by atoms with Crippen LogP contribution in [0.3, 0.4) is 0 Å². The minimum absolute atomic E-state index is 0.194. The molecular formula is C9H19NO4. The highest BCUT2D eigenvalue weighted by Crippen LogP contribution is 2.00. The fourth-order valence-electron chi connectivity index (χ4n) is 0.773. The van der Waals surface area contributed by atoms with Crippen molar-refractivity contribution in [3.63, 3.8) is 0 Å². The highest BCUT2D eigenvalue weighted by Gasteiger charge is 2.14. The number of carbonyl (C=O) groups excluding carboxylic acids is 1. The van der Waals surface area contributed by atoms with Crippen LogP contribution < -0.4 is 5.32 Å². The van der Waals surface area contributed by atoms with Crippen molar-refractivity contribution in [2.75, 3.05) is 6.61 Å². The lowest BCUT2D eigenvalue weighted by Gasteiger charge is -2.19. The SMILES string of the molecule is CC(C)(C)NC(=O)OCCCC(O)O. The zero-order chi connectivity index (χ0) is 11.2. The number of aliphatic hydroxyl groups is 2. The van der Waals surface area contributed by atoms with Crippen molar-refractivity contribution in [2.24, 2.45) is 0 Å². The summed E-state index contributed by atoms with van der Waals surface area (Å²) in [6, 6.07) is 0. The highest BCUT2D eigenvalue weighted by molar-refractivity contribution is 5.67. The summed E-state index contributed by atoms with van der Waals surface area (Å²) in [5.74, 6) is 0. The van der Waals surface area contributed by atoms with Crippen molar-refractivity contribution < 1.29 is 19.7 Å². The van der Waals surface area contributed by atoms with Crippen molar-refractivity contribution >= 4 is 6.09 Å². The van der Waals surface area contributed by atoms with Crippen LogP contribution >= 0.6 is 0 Å². The molecule has 0 aromatic heterocycles. The summed E-state index contributed by atoms with van der Waals surface area (Å²) in [4.78, 5) is 11.0. The predicted octanol–water partition coefficient (Wildman–Crippen LogP) is 0.602. The molecule has 0 aliphatic heterocycles. The first-order valence-electron chi connectivity index (χ1n) is 4.62. The number of amides is 1. The minimum Gasteiger partial charge on any atom is -0.450 e. The van der Waals surface area contributed by atoms with Crippen molar-refractivity contribution in [2.45, 2.75) is 45.4 Å². The molecule has 0 aliphatic carbocycles. The van der Waals surface area contributed by atoms with Crippen molar-refractivity contribution in [3.05, 3.63) is 0 Å². The number of aliphatic hydroxyl groups excluding tert-OH is 1. The van der Waals surface area contributed by atoms with Crippen molar-refractivity contribution in [1.29, 1.82) is 0 Å². The van der Waals surface area contributed by atoms with Crippen LogP contribution in [-0.2, 0) is 4.74 Å². The van der Waals surface area contributed by atoms with Crippen molar-refractivity contribution in [3.8, 4) is 0 Å². The average Bonchev–Trinajstić information content (AvgIpc) is 1.94. The van der Waals surface area contributed by atoms with Crippen LogP contribution in [0.5, 0.6) is 0 Å². The molecule has 0 aliphatic rings. The van der Waals surface area contributed by atoms with Gasteiger partial charge in [0.1, 0.15) is 0 Å². The topological polar surface area (TPSA) is 78.8 Å². The third-order valence-electron chi connectivity index (χ3n) is 1.32. The molecule has 1 amide bonds. The van der Waals surface area contributed by atoms with Gasteiger partial charge in [-0.1, -0.05) is 0 Å². The molecule has 0 fully saturated rings. The summed E-state index contributed by atoms with van der Waals surface area (Å²) in [5.41, 5.74) is -0.312. The molecule has 0 radical (unpaired) electrons. The van der Waals surface area contributed by atoms with Gasteiger partial charge in [-0.15, -0.1) is 0 Å². The van der Waals surface area contributed by atoms with E-state index in [-0.39, 0.29) is 18.6 Å². The van der Waals surface area contributed by atoms with Gasteiger partial charge in [-0.2, -0.15) is 0 Å². The molecular weight excluding hydrogens is 186 g/mol. The van der Waals surface area contributed by atoms with Gasteiger partial charge in [-0.25, -0.2) is 4.79 Å². The van der Waals surface area contributed by atoms with Gasteiger partial charge in [-0.05, 0) is 27.2 Å². The second kappa shape index (κ2) is 5.82. The molecule has 0 bridgehead atoms. The first-order chi connectivity index (χ1) is 6.31. The van der Waals surface area contributed by atoms with Gasteiger partial charge in [0.15, 0.2) is 6.29 Å². The highest BCUT2D eigenvalue weighted by atomic mass is 16.5. The third-order valence-corrected chi connectivity index (χ3v) is 1.32. The lowest BCUT2D eigenvalue weighted by molar-refractivity contribution is -0.0489. The normalized spacial score (nSPS) is 11.6. The molecule has 0 heterocycles. The molecule has 5 nitrogen and oxygen atoms in total. The Bertz CT molecular complexity index is 174. The Labute approximate surface area is 84.1 Å². The number of rotatable bonds is 4. The van der Waals surface area contributed by atoms with Gasteiger partial charge in [0.05, 0.1) is 6.61 Å². The molecule has 0 rings (SSSR count). The van der Waals surface area contributed by atoms with E-state index >= 15 is 0 Å². The van der Waals surface area contributed by atoms with E-state index < -0.39 is 12.4 Å². The first-order valence-corrected chi connectivity index (χ1v) is 4.62. The Morgan fingerprint density at radius 3 is 2.43 bits per heavy atom. The maximum atomic E-state index is 11.0. The summed E-state index contributed by atoms with van der Waals surface area (Å²) >= 11 is 0. The van der Waals surface area contributed by atoms with E-state index in [0.717, 1.165) is 0 Å². The van der Waals surface area contributed by atoms with Crippen LogP contribution in [0.25, 0.3) is 0 Å². The van der Waals surface area contributed by atoms with Crippen LogP contribution in [0, 0.1) is 0 Å². The first kappa shape index (κ1) is 13.2. The lowest BCUT2D eigenvalue weighted by atomic mass is 10.1. The molecule has 0 aromatic rings. The fraction of sp³-hybridized carbons (Fsp3) is 0.889. The van der Waals surface area contributed by atoms with Crippen LogP contribution in [-0.4, -0.2) is 34.7 Å². The van der Waals surface area contributed by atoms with Crippen LogP contribution in [0.1, 0.15) is 33.6 Å². The van der Waals surface area contributed by atoms with E-state index in [0.29, 0.717) is 6.42 Å². The molecule has 0 unspecified atom stereocenters. The number of nitrogens with one attached hydrogen (secondary N) is 1. The number of alkyl carbamates (subject to hydrolysis) is 1. The van der Waals surface area contributed by atoms with Gasteiger partial charge >= 0.3 is 6.09 Å². The average molecular weight is 205 g/mol. The quantitative estimate of drug-likeness (QED) is 0.464. The lowest BCUT2D eigenvalue weighted by Crippen LogP contribution is -2.41. The molecule has 0 aromatic carbocycles. The Morgan fingerprint density at radius 1 is 1.43 bits per heavy atom. The summed E-state index contributed by atoms with van der Waals surface area (Å²) < 4.78 is 4.80. The fourth-order valence-corrected chi connectivity index (χ4v) is 0.773. The maximum absolute atomic E-state index is 11.0. The number of ether oxygens (including phenoxy) is 1. The molecule has 0 saturated heterocycles. The Balaban J connectivity index is 3.46. The monoisotopic (exact) mass is 205 g/mol. The third kappa shape index (κ3) is 9.28. The van der Waals surface area contributed by atoms with Gasteiger partial charge in [-0.3, -0.25) is 0 Å². The zero-order valence-electron chi connectivity index (χ0n) is 8.91. The molecule has 0 atom stereocenters.